The summed E-state index contributed by atoms with van der Waals surface area (Å²) in [6.07, 6.45) is 1.45. The van der Waals surface area contributed by atoms with E-state index in [1.54, 1.807) is 0 Å². The predicted molar refractivity (Wildman–Crippen MR) is 90.2 cm³/mol. The summed E-state index contributed by atoms with van der Waals surface area (Å²) >= 11 is 11.8. The van der Waals surface area contributed by atoms with Crippen LogP contribution in [-0.2, 0) is 6.42 Å². The molecule has 0 saturated carbocycles. The maximum atomic E-state index is 12.0. The van der Waals surface area contributed by atoms with Gasteiger partial charge in [-0.2, -0.15) is 0 Å². The average Bonchev–Trinajstić information content (AvgIpc) is 2.53. The van der Waals surface area contributed by atoms with E-state index in [2.05, 4.69) is 5.32 Å². The highest BCUT2D eigenvalue weighted by Crippen LogP contribution is 2.25. The highest BCUT2D eigenvalue weighted by Gasteiger charge is 2.15. The van der Waals surface area contributed by atoms with Crippen molar-refractivity contribution < 1.29 is 9.72 Å². The Morgan fingerprint density at radius 2 is 1.87 bits per heavy atom. The molecule has 0 fully saturated rings. The molecule has 23 heavy (non-hydrogen) atoms. The third kappa shape index (κ3) is 4.68. The van der Waals surface area contributed by atoms with Crippen LogP contribution < -0.4 is 5.32 Å². The summed E-state index contributed by atoms with van der Waals surface area (Å²) in [4.78, 5) is 22.2. The van der Waals surface area contributed by atoms with Gasteiger partial charge in [0.1, 0.15) is 5.02 Å². The second kappa shape index (κ2) is 7.94. The van der Waals surface area contributed by atoms with Gasteiger partial charge in [-0.25, -0.2) is 0 Å². The predicted octanol–water partition coefficient (Wildman–Crippen LogP) is 4.26. The SMILES string of the molecule is O=C(NCCCc1ccccc1Cl)c1ccc(Cl)c([N+](=O)[O-])c1. The number of carbonyl (C=O) groups is 1. The Kier molecular flexibility index (Phi) is 5.96. The maximum Gasteiger partial charge on any atom is 0.288 e. The van der Waals surface area contributed by atoms with E-state index in [4.69, 9.17) is 23.2 Å². The van der Waals surface area contributed by atoms with Crippen LogP contribution in [-0.4, -0.2) is 17.4 Å². The Labute approximate surface area is 143 Å². The van der Waals surface area contributed by atoms with Crippen LogP contribution in [0.3, 0.4) is 0 Å². The zero-order valence-electron chi connectivity index (χ0n) is 12.1. The van der Waals surface area contributed by atoms with Crippen molar-refractivity contribution in [2.75, 3.05) is 6.54 Å². The van der Waals surface area contributed by atoms with E-state index in [1.807, 2.05) is 24.3 Å². The first-order chi connectivity index (χ1) is 11.0. The minimum absolute atomic E-state index is 0.00488. The van der Waals surface area contributed by atoms with E-state index in [1.165, 1.54) is 18.2 Å². The quantitative estimate of drug-likeness (QED) is 0.479. The summed E-state index contributed by atoms with van der Waals surface area (Å²) in [5.41, 5.74) is 0.944. The van der Waals surface area contributed by atoms with E-state index in [0.717, 1.165) is 12.0 Å². The minimum Gasteiger partial charge on any atom is -0.352 e. The number of nitrogens with one attached hydrogen (secondary N) is 1. The molecule has 2 aromatic carbocycles. The lowest BCUT2D eigenvalue weighted by Crippen LogP contribution is -2.24. The summed E-state index contributed by atoms with van der Waals surface area (Å²) < 4.78 is 0. The van der Waals surface area contributed by atoms with Crippen molar-refractivity contribution in [1.29, 1.82) is 0 Å². The van der Waals surface area contributed by atoms with Gasteiger partial charge in [-0.15, -0.1) is 0 Å². The van der Waals surface area contributed by atoms with Gasteiger partial charge in [-0.1, -0.05) is 41.4 Å². The Bertz CT molecular complexity index is 735. The number of hydrogen-bond donors (Lipinski definition) is 1. The van der Waals surface area contributed by atoms with Crippen molar-refractivity contribution in [3.63, 3.8) is 0 Å². The normalized spacial score (nSPS) is 10.3. The highest BCUT2D eigenvalue weighted by molar-refractivity contribution is 6.32. The largest absolute Gasteiger partial charge is 0.352 e. The van der Waals surface area contributed by atoms with Crippen LogP contribution in [0.25, 0.3) is 0 Å². The van der Waals surface area contributed by atoms with Crippen LogP contribution in [0.4, 0.5) is 5.69 Å². The molecular weight excluding hydrogens is 339 g/mol. The van der Waals surface area contributed by atoms with E-state index < -0.39 is 4.92 Å². The molecule has 0 aliphatic rings. The molecule has 0 spiro atoms. The number of nitro benzene ring substituents is 1. The molecule has 0 saturated heterocycles. The van der Waals surface area contributed by atoms with Crippen LogP contribution in [0, 0.1) is 10.1 Å². The molecule has 1 N–H and O–H groups in total. The van der Waals surface area contributed by atoms with Gasteiger partial charge in [-0.05, 0) is 36.6 Å². The van der Waals surface area contributed by atoms with Crippen molar-refractivity contribution in [1.82, 2.24) is 5.32 Å². The Morgan fingerprint density at radius 3 is 2.57 bits per heavy atom. The molecule has 1 amide bonds. The number of hydrogen-bond acceptors (Lipinski definition) is 3. The van der Waals surface area contributed by atoms with Crippen molar-refractivity contribution >= 4 is 34.8 Å². The van der Waals surface area contributed by atoms with E-state index in [9.17, 15) is 14.9 Å². The number of benzene rings is 2. The van der Waals surface area contributed by atoms with Crippen LogP contribution >= 0.6 is 23.2 Å². The van der Waals surface area contributed by atoms with E-state index >= 15 is 0 Å². The highest BCUT2D eigenvalue weighted by atomic mass is 35.5. The molecule has 0 unspecified atom stereocenters. The molecule has 2 aromatic rings. The third-order valence-electron chi connectivity index (χ3n) is 3.27. The van der Waals surface area contributed by atoms with Gasteiger partial charge in [0.15, 0.2) is 0 Å². The van der Waals surface area contributed by atoms with Gasteiger partial charge in [0.05, 0.1) is 4.92 Å². The summed E-state index contributed by atoms with van der Waals surface area (Å²) in [6, 6.07) is 11.5. The molecular formula is C16H14Cl2N2O3. The second-order valence-corrected chi connectivity index (χ2v) is 5.69. The lowest BCUT2D eigenvalue weighted by atomic mass is 10.1. The fraction of sp³-hybridized carbons (Fsp3) is 0.188. The number of nitrogens with zero attached hydrogens (tertiary/aromatic N) is 1. The molecule has 0 aliphatic heterocycles. The first-order valence-corrected chi connectivity index (χ1v) is 7.70. The van der Waals surface area contributed by atoms with Crippen molar-refractivity contribution in [3.8, 4) is 0 Å². The van der Waals surface area contributed by atoms with Crippen LogP contribution in [0.15, 0.2) is 42.5 Å². The number of halogens is 2. The average molecular weight is 353 g/mol. The zero-order valence-corrected chi connectivity index (χ0v) is 13.6. The maximum absolute atomic E-state index is 12.0. The fourth-order valence-corrected chi connectivity index (χ4v) is 2.49. The van der Waals surface area contributed by atoms with Gasteiger partial charge in [0.2, 0.25) is 0 Å². The Hall–Kier alpha value is -2.11. The topological polar surface area (TPSA) is 72.2 Å². The molecule has 0 atom stereocenters. The van der Waals surface area contributed by atoms with Gasteiger partial charge in [-0.3, -0.25) is 14.9 Å². The second-order valence-electron chi connectivity index (χ2n) is 4.87. The molecule has 7 heteroatoms. The van der Waals surface area contributed by atoms with Gasteiger partial charge < -0.3 is 5.32 Å². The van der Waals surface area contributed by atoms with Crippen LogP contribution in [0.2, 0.25) is 10.0 Å². The molecule has 0 heterocycles. The number of aryl methyl sites for hydroxylation is 1. The third-order valence-corrected chi connectivity index (χ3v) is 3.96. The summed E-state index contributed by atoms with van der Waals surface area (Å²) in [5.74, 6) is -0.371. The first-order valence-electron chi connectivity index (χ1n) is 6.94. The summed E-state index contributed by atoms with van der Waals surface area (Å²) in [7, 11) is 0. The molecule has 0 bridgehead atoms. The Morgan fingerprint density at radius 1 is 1.13 bits per heavy atom. The van der Waals surface area contributed by atoms with E-state index in [0.29, 0.717) is 18.0 Å². The molecule has 0 radical (unpaired) electrons. The van der Waals surface area contributed by atoms with Crippen LogP contribution in [0.1, 0.15) is 22.3 Å². The minimum atomic E-state index is -0.615. The molecule has 0 aliphatic carbocycles. The van der Waals surface area contributed by atoms with Gasteiger partial charge in [0.25, 0.3) is 11.6 Å². The van der Waals surface area contributed by atoms with Gasteiger partial charge >= 0.3 is 0 Å². The number of carbonyl (C=O) groups excluding carboxylic acids is 1. The van der Waals surface area contributed by atoms with Gasteiger partial charge in [0, 0.05) is 23.2 Å². The number of amides is 1. The van der Waals surface area contributed by atoms with Crippen molar-refractivity contribution in [2.24, 2.45) is 0 Å². The molecule has 2 rings (SSSR count). The monoisotopic (exact) mass is 352 g/mol. The van der Waals surface area contributed by atoms with Crippen molar-refractivity contribution in [3.05, 3.63) is 73.8 Å². The molecule has 0 aromatic heterocycles. The van der Waals surface area contributed by atoms with E-state index in [-0.39, 0.29) is 22.2 Å². The number of nitro groups is 1. The Balaban J connectivity index is 1.89. The van der Waals surface area contributed by atoms with Crippen molar-refractivity contribution in [2.45, 2.75) is 12.8 Å². The molecule has 120 valence electrons. The lowest BCUT2D eigenvalue weighted by Gasteiger charge is -2.07. The zero-order chi connectivity index (χ0) is 16.8. The number of rotatable bonds is 6. The fourth-order valence-electron chi connectivity index (χ4n) is 2.08. The lowest BCUT2D eigenvalue weighted by molar-refractivity contribution is -0.384. The summed E-state index contributed by atoms with van der Waals surface area (Å²) in [6.45, 7) is 0.445. The van der Waals surface area contributed by atoms with Crippen LogP contribution in [0.5, 0.6) is 0 Å². The summed E-state index contributed by atoms with van der Waals surface area (Å²) in [5, 5.41) is 14.3. The molecule has 5 nitrogen and oxygen atoms in total. The first kappa shape index (κ1) is 17.2. The smallest absolute Gasteiger partial charge is 0.288 e. The standard InChI is InChI=1S/C16H14Cl2N2O3/c17-13-6-2-1-4-11(13)5-3-9-19-16(21)12-7-8-14(18)15(10-12)20(22)23/h1-2,4,6-8,10H,3,5,9H2,(H,19,21).